The molecule has 122 valence electrons. The van der Waals surface area contributed by atoms with Gasteiger partial charge in [0, 0.05) is 16.5 Å². The van der Waals surface area contributed by atoms with Gasteiger partial charge in [-0.2, -0.15) is 0 Å². The normalized spacial score (nSPS) is 10.5. The van der Waals surface area contributed by atoms with Gasteiger partial charge in [-0.1, -0.05) is 35.0 Å². The predicted octanol–water partition coefficient (Wildman–Crippen LogP) is 5.27. The van der Waals surface area contributed by atoms with Crippen molar-refractivity contribution in [3.8, 4) is 11.5 Å². The van der Waals surface area contributed by atoms with E-state index in [4.69, 9.17) is 9.47 Å². The molecule has 0 aromatic heterocycles. The van der Waals surface area contributed by atoms with E-state index in [1.165, 1.54) is 11.1 Å². The Kier molecular flexibility index (Phi) is 5.83. The topological polar surface area (TPSA) is 35.5 Å². The van der Waals surface area contributed by atoms with Gasteiger partial charge < -0.3 is 9.47 Å². The Bertz CT molecular complexity index is 723. The quantitative estimate of drug-likeness (QED) is 0.526. The Morgan fingerprint density at radius 3 is 2.43 bits per heavy atom. The Morgan fingerprint density at radius 2 is 1.74 bits per heavy atom. The van der Waals surface area contributed by atoms with Crippen molar-refractivity contribution >= 4 is 21.9 Å². The van der Waals surface area contributed by atoms with E-state index >= 15 is 0 Å². The number of carbonyl (C=O) groups excluding carboxylic acids is 1. The molecule has 2 rings (SSSR count). The second-order valence-electron chi connectivity index (χ2n) is 5.53. The first-order chi connectivity index (χ1) is 10.9. The minimum absolute atomic E-state index is 0.258. The molecule has 0 fully saturated rings. The molecule has 0 saturated carbocycles. The summed E-state index contributed by atoms with van der Waals surface area (Å²) in [7, 11) is 0. The minimum atomic E-state index is -0.258. The van der Waals surface area contributed by atoms with Gasteiger partial charge in [-0.25, -0.2) is 0 Å². The predicted molar refractivity (Wildman–Crippen MR) is 95.1 cm³/mol. The van der Waals surface area contributed by atoms with E-state index in [0.717, 1.165) is 21.3 Å². The molecule has 0 spiro atoms. The molecule has 0 bridgehead atoms. The number of hydrogen-bond donors (Lipinski definition) is 0. The first-order valence-corrected chi connectivity index (χ1v) is 8.40. The van der Waals surface area contributed by atoms with Crippen LogP contribution in [0.4, 0.5) is 0 Å². The maximum absolute atomic E-state index is 11.6. The van der Waals surface area contributed by atoms with Gasteiger partial charge in [-0.15, -0.1) is 0 Å². The average Bonchev–Trinajstić information content (AvgIpc) is 2.51. The smallest absolute Gasteiger partial charge is 0.310 e. The SMILES string of the molecule is CCC(=O)Oc1cccc(Br)c1COc1cc(C)c(C)cc1C. The lowest BCUT2D eigenvalue weighted by molar-refractivity contribution is -0.134. The molecule has 0 N–H and O–H groups in total. The second-order valence-corrected chi connectivity index (χ2v) is 6.39. The van der Waals surface area contributed by atoms with Crippen LogP contribution in [-0.2, 0) is 11.4 Å². The molecule has 0 unspecified atom stereocenters. The van der Waals surface area contributed by atoms with E-state index < -0.39 is 0 Å². The third-order valence-corrected chi connectivity index (χ3v) is 4.49. The lowest BCUT2D eigenvalue weighted by atomic mass is 10.1. The number of halogens is 1. The van der Waals surface area contributed by atoms with Crippen LogP contribution < -0.4 is 9.47 Å². The van der Waals surface area contributed by atoms with Crippen LogP contribution in [-0.4, -0.2) is 5.97 Å². The first-order valence-electron chi connectivity index (χ1n) is 7.61. The molecule has 0 amide bonds. The number of carbonyl (C=O) groups is 1. The Labute approximate surface area is 145 Å². The van der Waals surface area contributed by atoms with Crippen LogP contribution in [0.3, 0.4) is 0 Å². The zero-order valence-corrected chi connectivity index (χ0v) is 15.5. The third kappa shape index (κ3) is 4.35. The van der Waals surface area contributed by atoms with Gasteiger partial charge in [-0.05, 0) is 55.7 Å². The van der Waals surface area contributed by atoms with Crippen LogP contribution in [0.2, 0.25) is 0 Å². The molecular weight excluding hydrogens is 356 g/mol. The molecule has 2 aromatic rings. The third-order valence-electron chi connectivity index (χ3n) is 3.75. The number of esters is 1. The van der Waals surface area contributed by atoms with Crippen molar-refractivity contribution in [1.82, 2.24) is 0 Å². The molecule has 0 aliphatic carbocycles. The summed E-state index contributed by atoms with van der Waals surface area (Å²) in [5, 5.41) is 0. The van der Waals surface area contributed by atoms with Gasteiger partial charge in [0.1, 0.15) is 18.1 Å². The van der Waals surface area contributed by atoms with Crippen LogP contribution >= 0.6 is 15.9 Å². The van der Waals surface area contributed by atoms with Gasteiger partial charge in [0.15, 0.2) is 0 Å². The van der Waals surface area contributed by atoms with Crippen molar-refractivity contribution in [2.75, 3.05) is 0 Å². The monoisotopic (exact) mass is 376 g/mol. The Morgan fingerprint density at radius 1 is 1.04 bits per heavy atom. The summed E-state index contributed by atoms with van der Waals surface area (Å²) >= 11 is 3.51. The van der Waals surface area contributed by atoms with Crippen molar-refractivity contribution in [2.45, 2.75) is 40.7 Å². The summed E-state index contributed by atoms with van der Waals surface area (Å²) < 4.78 is 12.2. The van der Waals surface area contributed by atoms with Crippen molar-refractivity contribution < 1.29 is 14.3 Å². The summed E-state index contributed by atoms with van der Waals surface area (Å²) in [6, 6.07) is 9.69. The molecule has 4 heteroatoms. The second kappa shape index (κ2) is 7.64. The standard InChI is InChI=1S/C19H21BrO3/c1-5-19(21)23-17-8-6-7-16(20)15(17)11-22-18-10-13(3)12(2)9-14(18)4/h6-10H,5,11H2,1-4H3. The van der Waals surface area contributed by atoms with Gasteiger partial charge in [0.05, 0.1) is 0 Å². The van der Waals surface area contributed by atoms with Crippen LogP contribution in [0.1, 0.15) is 35.6 Å². The first kappa shape index (κ1) is 17.5. The highest BCUT2D eigenvalue weighted by atomic mass is 79.9. The lowest BCUT2D eigenvalue weighted by Crippen LogP contribution is -2.09. The summed E-state index contributed by atoms with van der Waals surface area (Å²) in [5.74, 6) is 1.12. The fourth-order valence-corrected chi connectivity index (χ4v) is 2.67. The molecule has 0 heterocycles. The van der Waals surface area contributed by atoms with Crippen LogP contribution in [0.5, 0.6) is 11.5 Å². The van der Waals surface area contributed by atoms with E-state index in [1.54, 1.807) is 13.0 Å². The molecule has 0 atom stereocenters. The van der Waals surface area contributed by atoms with Crippen LogP contribution in [0.15, 0.2) is 34.8 Å². The van der Waals surface area contributed by atoms with Gasteiger partial charge in [0.25, 0.3) is 0 Å². The summed E-state index contributed by atoms with van der Waals surface area (Å²) in [6.45, 7) is 8.28. The molecule has 3 nitrogen and oxygen atoms in total. The van der Waals surface area contributed by atoms with E-state index in [1.807, 2.05) is 25.1 Å². The van der Waals surface area contributed by atoms with Crippen molar-refractivity contribution in [3.05, 3.63) is 57.1 Å². The zero-order chi connectivity index (χ0) is 17.0. The largest absolute Gasteiger partial charge is 0.488 e. The van der Waals surface area contributed by atoms with E-state index in [0.29, 0.717) is 18.8 Å². The molecule has 0 aliphatic heterocycles. The van der Waals surface area contributed by atoms with Gasteiger partial charge in [-0.3, -0.25) is 4.79 Å². The van der Waals surface area contributed by atoms with Gasteiger partial charge in [0.2, 0.25) is 0 Å². The van der Waals surface area contributed by atoms with Crippen LogP contribution in [0, 0.1) is 20.8 Å². The van der Waals surface area contributed by atoms with E-state index in [-0.39, 0.29) is 5.97 Å². The molecule has 2 aromatic carbocycles. The maximum atomic E-state index is 11.6. The lowest BCUT2D eigenvalue weighted by Gasteiger charge is -2.15. The molecule has 23 heavy (non-hydrogen) atoms. The highest BCUT2D eigenvalue weighted by molar-refractivity contribution is 9.10. The number of hydrogen-bond acceptors (Lipinski definition) is 3. The van der Waals surface area contributed by atoms with E-state index in [2.05, 4.69) is 35.8 Å². The van der Waals surface area contributed by atoms with Crippen molar-refractivity contribution in [2.24, 2.45) is 0 Å². The minimum Gasteiger partial charge on any atom is -0.488 e. The Balaban J connectivity index is 2.23. The summed E-state index contributed by atoms with van der Waals surface area (Å²) in [6.07, 6.45) is 0.336. The number of ether oxygens (including phenoxy) is 2. The van der Waals surface area contributed by atoms with Crippen molar-refractivity contribution in [1.29, 1.82) is 0 Å². The van der Waals surface area contributed by atoms with Crippen LogP contribution in [0.25, 0.3) is 0 Å². The molecule has 0 radical (unpaired) electrons. The maximum Gasteiger partial charge on any atom is 0.310 e. The number of aryl methyl sites for hydroxylation is 3. The van der Waals surface area contributed by atoms with E-state index in [9.17, 15) is 4.79 Å². The fourth-order valence-electron chi connectivity index (χ4n) is 2.21. The highest BCUT2D eigenvalue weighted by Crippen LogP contribution is 2.30. The van der Waals surface area contributed by atoms with Gasteiger partial charge >= 0.3 is 5.97 Å². The highest BCUT2D eigenvalue weighted by Gasteiger charge is 2.13. The Hall–Kier alpha value is -1.81. The molecular formula is C19H21BrO3. The molecule has 0 saturated heterocycles. The van der Waals surface area contributed by atoms with Crippen molar-refractivity contribution in [3.63, 3.8) is 0 Å². The number of rotatable bonds is 5. The fraction of sp³-hybridized carbons (Fsp3) is 0.316. The summed E-state index contributed by atoms with van der Waals surface area (Å²) in [5.41, 5.74) is 4.35. The summed E-state index contributed by atoms with van der Waals surface area (Å²) in [4.78, 5) is 11.6. The zero-order valence-electron chi connectivity index (χ0n) is 13.9. The molecule has 0 aliphatic rings. The number of benzene rings is 2. The average molecular weight is 377 g/mol.